The molecule has 0 fully saturated rings. The minimum Gasteiger partial charge on any atom is -1.00 e. The molecule has 0 aliphatic rings. The quantitative estimate of drug-likeness (QED) is 0.311. The molecule has 0 aliphatic heterocycles. The molecule has 23 heavy (non-hydrogen) atoms. The van der Waals surface area contributed by atoms with Gasteiger partial charge in [-0.2, -0.15) is 0 Å². The van der Waals surface area contributed by atoms with Crippen molar-refractivity contribution in [2.24, 2.45) is 0 Å². The van der Waals surface area contributed by atoms with E-state index >= 15 is 0 Å². The Kier molecular flexibility index (Phi) is 15.9. The third-order valence-electron chi connectivity index (χ3n) is 2.54. The van der Waals surface area contributed by atoms with Crippen LogP contribution in [0, 0.1) is 0 Å². The molecule has 0 saturated heterocycles. The molecule has 0 spiro atoms. The summed E-state index contributed by atoms with van der Waals surface area (Å²) >= 11 is 0. The number of halogens is 3. The summed E-state index contributed by atoms with van der Waals surface area (Å²) in [5.74, 6) is 0.477. The molecule has 8 heteroatoms. The van der Waals surface area contributed by atoms with Crippen LogP contribution in [-0.4, -0.2) is 17.9 Å². The van der Waals surface area contributed by atoms with Gasteiger partial charge in [0.1, 0.15) is 11.5 Å². The first-order valence-electron chi connectivity index (χ1n) is 5.94. The van der Waals surface area contributed by atoms with Crippen molar-refractivity contribution in [3.8, 4) is 22.6 Å². The Balaban J connectivity index is -0.000001000. The maximum absolute atomic E-state index is 11.4. The van der Waals surface area contributed by atoms with Gasteiger partial charge in [0.05, 0.1) is 6.61 Å². The summed E-state index contributed by atoms with van der Waals surface area (Å²) in [6.45, 7) is 1.95. The van der Waals surface area contributed by atoms with Gasteiger partial charge in [-0.15, -0.1) is 0 Å². The van der Waals surface area contributed by atoms with Crippen molar-refractivity contribution >= 4 is 6.16 Å². The van der Waals surface area contributed by atoms with Crippen LogP contribution in [0.3, 0.4) is 0 Å². The molecule has 2 rings (SSSR count). The van der Waals surface area contributed by atoms with Crippen LogP contribution >= 0.6 is 0 Å². The van der Waals surface area contributed by atoms with E-state index in [0.717, 1.165) is 0 Å². The first kappa shape index (κ1) is 27.0. The number of carbonyl (C=O) groups is 1. The van der Waals surface area contributed by atoms with Crippen LogP contribution in [-0.2, 0) is 26.5 Å². The van der Waals surface area contributed by atoms with Crippen LogP contribution in [0.2, 0.25) is 0 Å². The molecule has 2 aromatic carbocycles. The number of aromatic hydroxyl groups is 1. The second kappa shape index (κ2) is 13.5. The summed E-state index contributed by atoms with van der Waals surface area (Å²) in [6, 6.07) is 13.8. The van der Waals surface area contributed by atoms with E-state index in [4.69, 9.17) is 9.47 Å². The summed E-state index contributed by atoms with van der Waals surface area (Å²) in [5.41, 5.74) is 1.23. The van der Waals surface area contributed by atoms with Crippen LogP contribution in [0.15, 0.2) is 48.5 Å². The smallest absolute Gasteiger partial charge is 1.00 e. The first-order chi connectivity index (χ1) is 9.22. The molecule has 0 aliphatic carbocycles. The molecule has 0 aromatic heterocycles. The van der Waals surface area contributed by atoms with Gasteiger partial charge >= 0.3 is 27.9 Å². The van der Waals surface area contributed by atoms with Gasteiger partial charge in [0.2, 0.25) is 0 Å². The average molecular weight is 412 g/mol. The van der Waals surface area contributed by atoms with Crippen molar-refractivity contribution in [1.29, 1.82) is 0 Å². The van der Waals surface area contributed by atoms with Crippen molar-refractivity contribution in [2.75, 3.05) is 6.61 Å². The van der Waals surface area contributed by atoms with Crippen LogP contribution in [0.5, 0.6) is 11.5 Å². The number of hydrogen-bond acceptors (Lipinski definition) is 4. The molecule has 0 unspecified atom stereocenters. The van der Waals surface area contributed by atoms with Crippen molar-refractivity contribution in [3.63, 3.8) is 0 Å². The molecule has 123 valence electrons. The van der Waals surface area contributed by atoms with Gasteiger partial charge in [0.25, 0.3) is 0 Å². The van der Waals surface area contributed by atoms with Gasteiger partial charge in [-0.25, -0.2) is 4.79 Å². The van der Waals surface area contributed by atoms with E-state index in [0.29, 0.717) is 16.9 Å². The third-order valence-corrected chi connectivity index (χ3v) is 2.54. The zero-order valence-electron chi connectivity index (χ0n) is 12.1. The summed E-state index contributed by atoms with van der Waals surface area (Å²) in [4.78, 5) is 11.4. The molecule has 0 heterocycles. The van der Waals surface area contributed by atoms with E-state index in [1.165, 1.54) is 0 Å². The van der Waals surface area contributed by atoms with Gasteiger partial charge in [-0.3, -0.25) is 0 Å². The Bertz CT molecular complexity index is 596. The average Bonchev–Trinajstić information content (AvgIpc) is 2.40. The Morgan fingerprint density at radius 2 is 1.48 bits per heavy atom. The number of phenolic OH excluding ortho intramolecular Hbond substituents is 1. The van der Waals surface area contributed by atoms with Gasteiger partial charge in [-0.05, 0) is 19.1 Å². The second-order valence-corrected chi connectivity index (χ2v) is 3.80. The Labute approximate surface area is 168 Å². The normalized spacial score (nSPS) is 8.22. The van der Waals surface area contributed by atoms with Crippen molar-refractivity contribution in [2.45, 2.75) is 6.92 Å². The van der Waals surface area contributed by atoms with Gasteiger partial charge < -0.3 is 51.8 Å². The fraction of sp³-hybridized carbons (Fsp3) is 0.133. The molecule has 4 nitrogen and oxygen atoms in total. The minimum atomic E-state index is -0.759. The van der Waals surface area contributed by atoms with E-state index in [1.807, 2.05) is 0 Å². The molecule has 0 amide bonds. The molecular formula is C15H14Cl3O4Ti. The maximum Gasteiger partial charge on any atom is 3.00 e. The van der Waals surface area contributed by atoms with E-state index in [-0.39, 0.29) is 71.3 Å². The van der Waals surface area contributed by atoms with Crippen molar-refractivity contribution in [1.82, 2.24) is 0 Å². The Hall–Kier alpha value is -0.906. The van der Waals surface area contributed by atoms with Gasteiger partial charge in [0, 0.05) is 11.1 Å². The van der Waals surface area contributed by atoms with Gasteiger partial charge in [-0.1, -0.05) is 36.4 Å². The minimum absolute atomic E-state index is 0. The largest absolute Gasteiger partial charge is 3.00 e. The van der Waals surface area contributed by atoms with Crippen molar-refractivity contribution < 1.29 is 78.3 Å². The number of carbonyl (C=O) groups excluding carboxylic acids is 1. The fourth-order valence-corrected chi connectivity index (χ4v) is 1.72. The van der Waals surface area contributed by atoms with Gasteiger partial charge in [0.15, 0.2) is 0 Å². The SMILES string of the molecule is CCOC(=O)Oc1ccccc1-c1ccccc1O.[Cl-].[Cl-].[Cl-].[Ti+3]. The summed E-state index contributed by atoms with van der Waals surface area (Å²) in [7, 11) is 0. The topological polar surface area (TPSA) is 55.8 Å². The van der Waals surface area contributed by atoms with Crippen LogP contribution in [0.25, 0.3) is 11.1 Å². The number of hydrogen-bond donors (Lipinski definition) is 1. The van der Waals surface area contributed by atoms with Crippen LogP contribution in [0.1, 0.15) is 6.92 Å². The predicted octanol–water partition coefficient (Wildman–Crippen LogP) is -5.40. The maximum atomic E-state index is 11.4. The zero-order valence-corrected chi connectivity index (χ0v) is 16.0. The molecule has 0 saturated carbocycles. The molecule has 2 aromatic rings. The monoisotopic (exact) mass is 411 g/mol. The molecule has 0 atom stereocenters. The number of ether oxygens (including phenoxy) is 2. The zero-order chi connectivity index (χ0) is 13.7. The fourth-order valence-electron chi connectivity index (χ4n) is 1.72. The first-order valence-corrected chi connectivity index (χ1v) is 5.94. The van der Waals surface area contributed by atoms with E-state index in [2.05, 4.69) is 0 Å². The van der Waals surface area contributed by atoms with Crippen molar-refractivity contribution in [3.05, 3.63) is 48.5 Å². The summed E-state index contributed by atoms with van der Waals surface area (Å²) < 4.78 is 9.87. The van der Waals surface area contributed by atoms with E-state index in [1.54, 1.807) is 55.5 Å². The number of rotatable bonds is 3. The second-order valence-electron chi connectivity index (χ2n) is 3.80. The summed E-state index contributed by atoms with van der Waals surface area (Å²) in [6.07, 6.45) is -0.759. The number of phenols is 1. The standard InChI is InChI=1S/C15H14O4.3ClH.Ti/c1-2-18-15(17)19-14-10-6-4-8-12(14)11-7-3-5-9-13(11)16;;;;/h3-10,16H,2H2,1H3;3*1H;/q;;;;+3/p-3. The van der Waals surface area contributed by atoms with Crippen LogP contribution in [0.4, 0.5) is 4.79 Å². The van der Waals surface area contributed by atoms with E-state index < -0.39 is 6.16 Å². The summed E-state index contributed by atoms with van der Waals surface area (Å²) in [5, 5.41) is 9.85. The number of para-hydroxylation sites is 2. The molecule has 1 N–H and O–H groups in total. The molecular weight excluding hydrogens is 398 g/mol. The Morgan fingerprint density at radius 1 is 0.957 bits per heavy atom. The molecule has 0 bridgehead atoms. The van der Waals surface area contributed by atoms with Crippen LogP contribution < -0.4 is 42.0 Å². The number of benzene rings is 2. The third kappa shape index (κ3) is 7.47. The molecule has 1 radical (unpaired) electrons. The Morgan fingerprint density at radius 3 is 2.04 bits per heavy atom. The van der Waals surface area contributed by atoms with E-state index in [9.17, 15) is 9.90 Å². The predicted molar refractivity (Wildman–Crippen MR) is 71.2 cm³/mol.